The molecule has 0 aliphatic carbocycles. The first-order valence-corrected chi connectivity index (χ1v) is 7.56. The van der Waals surface area contributed by atoms with E-state index in [1.165, 1.54) is 11.3 Å². The molecule has 0 aromatic carbocycles. The van der Waals surface area contributed by atoms with Crippen molar-refractivity contribution in [1.82, 2.24) is 4.90 Å². The average Bonchev–Trinajstić information content (AvgIpc) is 2.67. The van der Waals surface area contributed by atoms with Crippen LogP contribution < -0.4 is 5.73 Å². The van der Waals surface area contributed by atoms with Crippen LogP contribution in [0.2, 0.25) is 8.67 Å². The molecule has 1 aliphatic rings. The zero-order valence-electron chi connectivity index (χ0n) is 10.6. The lowest BCUT2D eigenvalue weighted by Crippen LogP contribution is -2.42. The molecule has 0 saturated carbocycles. The highest BCUT2D eigenvalue weighted by atomic mass is 35.5. The lowest BCUT2D eigenvalue weighted by molar-refractivity contribution is 0.0681. The molecule has 2 rings (SSSR count). The molecule has 1 amide bonds. The van der Waals surface area contributed by atoms with Gasteiger partial charge in [-0.3, -0.25) is 4.79 Å². The molecular formula is C12H17Cl3N2OS. The van der Waals surface area contributed by atoms with Gasteiger partial charge in [-0.05, 0) is 31.7 Å². The number of carbonyl (C=O) groups is 1. The smallest absolute Gasteiger partial charge is 0.256 e. The summed E-state index contributed by atoms with van der Waals surface area (Å²) < 4.78 is 1.02. The van der Waals surface area contributed by atoms with Gasteiger partial charge in [0, 0.05) is 19.1 Å². The van der Waals surface area contributed by atoms with E-state index in [0.717, 1.165) is 25.9 Å². The van der Waals surface area contributed by atoms with Crippen LogP contribution in [0.25, 0.3) is 0 Å². The van der Waals surface area contributed by atoms with E-state index >= 15 is 0 Å². The van der Waals surface area contributed by atoms with Gasteiger partial charge in [-0.2, -0.15) is 0 Å². The number of carbonyl (C=O) groups excluding carboxylic acids is 1. The molecule has 0 bridgehead atoms. The van der Waals surface area contributed by atoms with Gasteiger partial charge < -0.3 is 10.6 Å². The van der Waals surface area contributed by atoms with Crippen LogP contribution in [0, 0.1) is 5.92 Å². The predicted molar refractivity (Wildman–Crippen MR) is 83.9 cm³/mol. The van der Waals surface area contributed by atoms with Gasteiger partial charge in [0.15, 0.2) is 0 Å². The molecule has 1 atom stereocenters. The van der Waals surface area contributed by atoms with Crippen molar-refractivity contribution in [1.29, 1.82) is 0 Å². The van der Waals surface area contributed by atoms with Crippen LogP contribution in [0.5, 0.6) is 0 Å². The number of piperidine rings is 1. The highest BCUT2D eigenvalue weighted by Crippen LogP contribution is 2.32. The summed E-state index contributed by atoms with van der Waals surface area (Å²) >= 11 is 13.1. The van der Waals surface area contributed by atoms with Gasteiger partial charge >= 0.3 is 0 Å². The fraction of sp³-hybridized carbons (Fsp3) is 0.583. The minimum Gasteiger partial charge on any atom is -0.339 e. The topological polar surface area (TPSA) is 46.3 Å². The van der Waals surface area contributed by atoms with E-state index < -0.39 is 0 Å². The standard InChI is InChI=1S/C12H16Cl2N2OS.ClH/c1-7(15)8-2-4-16(5-3-8)12(17)9-6-10(13)18-11(9)14;/h6-8H,2-5,15H2,1H3;1H. The molecule has 3 nitrogen and oxygen atoms in total. The summed E-state index contributed by atoms with van der Waals surface area (Å²) in [5, 5.41) is 0. The molecule has 2 heterocycles. The first-order valence-electron chi connectivity index (χ1n) is 5.98. The van der Waals surface area contributed by atoms with Crippen LogP contribution in [0.15, 0.2) is 6.07 Å². The summed E-state index contributed by atoms with van der Waals surface area (Å²) in [6.07, 6.45) is 1.91. The van der Waals surface area contributed by atoms with Gasteiger partial charge in [-0.1, -0.05) is 23.2 Å². The summed E-state index contributed by atoms with van der Waals surface area (Å²) in [5.74, 6) is 0.488. The molecule has 108 valence electrons. The Hall–Kier alpha value is -0.000000000000000222. The van der Waals surface area contributed by atoms with Gasteiger partial charge in [0.25, 0.3) is 5.91 Å². The molecule has 1 saturated heterocycles. The van der Waals surface area contributed by atoms with E-state index in [-0.39, 0.29) is 24.4 Å². The van der Waals surface area contributed by atoms with Crippen molar-refractivity contribution >= 4 is 52.9 Å². The molecule has 0 spiro atoms. The Morgan fingerprint density at radius 2 is 2.05 bits per heavy atom. The Kier molecular flexibility index (Phi) is 6.40. The van der Waals surface area contributed by atoms with Gasteiger partial charge in [-0.15, -0.1) is 23.7 Å². The Bertz CT molecular complexity index is 442. The van der Waals surface area contributed by atoms with Crippen molar-refractivity contribution in [3.05, 3.63) is 20.3 Å². The fourth-order valence-electron chi connectivity index (χ4n) is 2.28. The van der Waals surface area contributed by atoms with Gasteiger partial charge in [0.05, 0.1) is 9.90 Å². The Balaban J connectivity index is 0.00000180. The van der Waals surface area contributed by atoms with E-state index in [9.17, 15) is 4.79 Å². The molecule has 0 radical (unpaired) electrons. The summed E-state index contributed by atoms with van der Waals surface area (Å²) in [6.45, 7) is 3.52. The third kappa shape index (κ3) is 3.99. The zero-order chi connectivity index (χ0) is 13.3. The number of rotatable bonds is 2. The molecule has 2 N–H and O–H groups in total. The summed E-state index contributed by atoms with van der Waals surface area (Å²) in [5.41, 5.74) is 6.41. The van der Waals surface area contributed by atoms with Gasteiger partial charge in [0.2, 0.25) is 0 Å². The number of halogens is 3. The summed E-state index contributed by atoms with van der Waals surface area (Å²) in [4.78, 5) is 14.1. The van der Waals surface area contributed by atoms with Crippen LogP contribution >= 0.6 is 46.9 Å². The van der Waals surface area contributed by atoms with E-state index in [1.807, 2.05) is 11.8 Å². The SMILES string of the molecule is CC(N)C1CCN(C(=O)c2cc(Cl)sc2Cl)CC1.Cl. The lowest BCUT2D eigenvalue weighted by atomic mass is 9.91. The van der Waals surface area contributed by atoms with Crippen molar-refractivity contribution in [2.75, 3.05) is 13.1 Å². The molecule has 1 unspecified atom stereocenters. The zero-order valence-corrected chi connectivity index (χ0v) is 13.7. The fourth-order valence-corrected chi connectivity index (χ4v) is 3.73. The second kappa shape index (κ2) is 7.14. The van der Waals surface area contributed by atoms with E-state index in [4.69, 9.17) is 28.9 Å². The molecule has 1 aliphatic heterocycles. The van der Waals surface area contributed by atoms with E-state index in [0.29, 0.717) is 20.2 Å². The lowest BCUT2D eigenvalue weighted by Gasteiger charge is -2.33. The first kappa shape index (κ1) is 17.1. The quantitative estimate of drug-likeness (QED) is 0.890. The minimum absolute atomic E-state index is 0. The van der Waals surface area contributed by atoms with Crippen LogP contribution in [0.3, 0.4) is 0 Å². The van der Waals surface area contributed by atoms with Crippen LogP contribution in [0.1, 0.15) is 30.1 Å². The van der Waals surface area contributed by atoms with Crippen LogP contribution in [-0.2, 0) is 0 Å². The predicted octanol–water partition coefficient (Wildman–Crippen LogP) is 3.68. The first-order chi connectivity index (χ1) is 8.49. The second-order valence-corrected chi connectivity index (χ2v) is 7.01. The Labute approximate surface area is 133 Å². The largest absolute Gasteiger partial charge is 0.339 e. The molecule has 1 fully saturated rings. The van der Waals surface area contributed by atoms with Crippen molar-refractivity contribution < 1.29 is 4.79 Å². The number of amides is 1. The number of hydrogen-bond acceptors (Lipinski definition) is 3. The molecule has 7 heteroatoms. The van der Waals surface area contributed by atoms with Crippen molar-refractivity contribution in [3.63, 3.8) is 0 Å². The van der Waals surface area contributed by atoms with Crippen molar-refractivity contribution in [2.45, 2.75) is 25.8 Å². The monoisotopic (exact) mass is 342 g/mol. The maximum atomic E-state index is 12.3. The number of nitrogens with two attached hydrogens (primary N) is 1. The van der Waals surface area contributed by atoms with Crippen LogP contribution in [0.4, 0.5) is 0 Å². The molecule has 1 aromatic rings. The number of thiophene rings is 1. The molecule has 19 heavy (non-hydrogen) atoms. The second-order valence-electron chi connectivity index (χ2n) is 4.73. The van der Waals surface area contributed by atoms with Crippen molar-refractivity contribution in [3.8, 4) is 0 Å². The van der Waals surface area contributed by atoms with E-state index in [2.05, 4.69) is 0 Å². The minimum atomic E-state index is -0.0220. The number of nitrogens with zero attached hydrogens (tertiary/aromatic N) is 1. The number of hydrogen-bond donors (Lipinski definition) is 1. The highest BCUT2D eigenvalue weighted by molar-refractivity contribution is 7.20. The number of likely N-dealkylation sites (tertiary alicyclic amines) is 1. The molecular weight excluding hydrogens is 327 g/mol. The van der Waals surface area contributed by atoms with Gasteiger partial charge in [-0.25, -0.2) is 0 Å². The average molecular weight is 344 g/mol. The summed E-state index contributed by atoms with van der Waals surface area (Å²) in [6, 6.07) is 1.84. The maximum Gasteiger partial charge on any atom is 0.256 e. The third-order valence-corrected chi connectivity index (χ3v) is 4.95. The van der Waals surface area contributed by atoms with Crippen molar-refractivity contribution in [2.24, 2.45) is 11.7 Å². The van der Waals surface area contributed by atoms with Gasteiger partial charge in [0.1, 0.15) is 4.34 Å². The maximum absolute atomic E-state index is 12.3. The normalized spacial score (nSPS) is 18.0. The highest BCUT2D eigenvalue weighted by Gasteiger charge is 2.27. The summed E-state index contributed by atoms with van der Waals surface area (Å²) in [7, 11) is 0. The third-order valence-electron chi connectivity index (χ3n) is 3.46. The van der Waals surface area contributed by atoms with Crippen LogP contribution in [-0.4, -0.2) is 29.9 Å². The Morgan fingerprint density at radius 3 is 2.47 bits per heavy atom. The Morgan fingerprint density at radius 1 is 1.47 bits per heavy atom. The molecule has 1 aromatic heterocycles. The van der Waals surface area contributed by atoms with E-state index in [1.54, 1.807) is 6.07 Å².